The Morgan fingerprint density at radius 1 is 1.22 bits per heavy atom. The summed E-state index contributed by atoms with van der Waals surface area (Å²) in [7, 11) is 0. The minimum absolute atomic E-state index is 0.223. The molecule has 2 aromatic carbocycles. The smallest absolute Gasteiger partial charge is 0.262 e. The number of furan rings is 1. The summed E-state index contributed by atoms with van der Waals surface area (Å²) in [5.74, 6) is 0.467. The molecule has 0 aliphatic carbocycles. The Bertz CT molecular complexity index is 1330. The van der Waals surface area contributed by atoms with Crippen LogP contribution in [0.15, 0.2) is 87.9 Å². The molecule has 6 nitrogen and oxygen atoms in total. The first kappa shape index (κ1) is 21.6. The number of benzene rings is 2. The molecule has 2 aromatic heterocycles. The number of nitrogens with one attached hydrogen (secondary N) is 1. The minimum atomic E-state index is -0.316. The lowest BCUT2D eigenvalue weighted by atomic mass is 10.1. The van der Waals surface area contributed by atoms with E-state index >= 15 is 0 Å². The van der Waals surface area contributed by atoms with E-state index in [2.05, 4.69) is 16.9 Å². The summed E-state index contributed by atoms with van der Waals surface area (Å²) in [6.07, 6.45) is 3.16. The number of amides is 1. The maximum absolute atomic E-state index is 13.5. The number of hydrogen-bond acceptors (Lipinski definition) is 5. The fourth-order valence-corrected chi connectivity index (χ4v) is 4.15. The third-order valence-corrected chi connectivity index (χ3v) is 5.80. The molecule has 4 aromatic rings. The van der Waals surface area contributed by atoms with Crippen LogP contribution in [-0.2, 0) is 18.8 Å². The fourth-order valence-electron chi connectivity index (χ4n) is 3.20. The number of rotatable bonds is 8. The molecule has 2 heterocycles. The Labute approximate surface area is 187 Å². The van der Waals surface area contributed by atoms with Crippen LogP contribution in [0.3, 0.4) is 0 Å². The van der Waals surface area contributed by atoms with Crippen LogP contribution in [0.5, 0.6) is 0 Å². The van der Waals surface area contributed by atoms with Gasteiger partial charge in [-0.2, -0.15) is 0 Å². The molecule has 0 aliphatic rings. The molecular formula is C24H20FN3O3S. The van der Waals surface area contributed by atoms with Gasteiger partial charge in [-0.25, -0.2) is 9.37 Å². The first-order valence-corrected chi connectivity index (χ1v) is 10.9. The lowest BCUT2D eigenvalue weighted by Crippen LogP contribution is -2.24. The number of fused-ring (bicyclic) bond motifs is 1. The van der Waals surface area contributed by atoms with Crippen molar-refractivity contribution < 1.29 is 13.6 Å². The van der Waals surface area contributed by atoms with Crippen molar-refractivity contribution in [1.82, 2.24) is 14.9 Å². The first-order valence-electron chi connectivity index (χ1n) is 9.88. The quantitative estimate of drug-likeness (QED) is 0.243. The number of allylic oxidation sites excluding steroid dienone is 1. The summed E-state index contributed by atoms with van der Waals surface area (Å²) >= 11 is 1.33. The molecule has 162 valence electrons. The van der Waals surface area contributed by atoms with Crippen molar-refractivity contribution >= 4 is 28.6 Å². The molecule has 0 atom stereocenters. The Kier molecular flexibility index (Phi) is 6.51. The largest absolute Gasteiger partial charge is 0.467 e. The third kappa shape index (κ3) is 4.81. The van der Waals surface area contributed by atoms with E-state index < -0.39 is 0 Å². The standard InChI is InChI=1S/C24H20FN3O3S/c1-2-10-28-23(30)20-9-8-17(22(29)26-14-19-7-4-11-31-19)13-21(20)27-24(28)32-15-16-5-3-6-18(25)12-16/h2-9,11-13H,1,10,14-15H2,(H,26,29). The number of carbonyl (C=O) groups excluding carboxylic acids is 1. The third-order valence-electron chi connectivity index (χ3n) is 4.75. The number of hydrogen-bond donors (Lipinski definition) is 1. The van der Waals surface area contributed by atoms with E-state index in [-0.39, 0.29) is 23.8 Å². The molecule has 0 spiro atoms. The summed E-state index contributed by atoms with van der Waals surface area (Å²) in [6, 6.07) is 14.6. The molecular weight excluding hydrogens is 429 g/mol. The molecule has 0 bridgehead atoms. The van der Waals surface area contributed by atoms with Crippen LogP contribution in [0.4, 0.5) is 4.39 Å². The van der Waals surface area contributed by atoms with Gasteiger partial charge in [0.05, 0.1) is 23.7 Å². The molecule has 0 saturated carbocycles. The first-order chi connectivity index (χ1) is 15.5. The molecule has 8 heteroatoms. The van der Waals surface area contributed by atoms with Gasteiger partial charge in [0.2, 0.25) is 0 Å². The number of nitrogens with zero attached hydrogens (tertiary/aromatic N) is 2. The second-order valence-corrected chi connectivity index (χ2v) is 7.95. The summed E-state index contributed by atoms with van der Waals surface area (Å²) < 4.78 is 20.2. The molecule has 0 aliphatic heterocycles. The van der Waals surface area contributed by atoms with Crippen LogP contribution < -0.4 is 10.9 Å². The van der Waals surface area contributed by atoms with Gasteiger partial charge in [0, 0.05) is 17.9 Å². The molecule has 0 unspecified atom stereocenters. The van der Waals surface area contributed by atoms with Gasteiger partial charge in [0.1, 0.15) is 11.6 Å². The molecule has 0 fully saturated rings. The van der Waals surface area contributed by atoms with E-state index in [1.807, 2.05) is 6.07 Å². The van der Waals surface area contributed by atoms with Crippen LogP contribution in [0.25, 0.3) is 10.9 Å². The summed E-state index contributed by atoms with van der Waals surface area (Å²) in [5, 5.41) is 3.66. The Hall–Kier alpha value is -3.65. The topological polar surface area (TPSA) is 77.1 Å². The zero-order valence-electron chi connectivity index (χ0n) is 17.1. The van der Waals surface area contributed by atoms with Gasteiger partial charge in [0.15, 0.2) is 5.16 Å². The Balaban J connectivity index is 1.63. The van der Waals surface area contributed by atoms with Crippen molar-refractivity contribution in [1.29, 1.82) is 0 Å². The van der Waals surface area contributed by atoms with Gasteiger partial charge < -0.3 is 9.73 Å². The highest BCUT2D eigenvalue weighted by Gasteiger charge is 2.14. The van der Waals surface area contributed by atoms with E-state index in [1.165, 1.54) is 28.5 Å². The summed E-state index contributed by atoms with van der Waals surface area (Å²) in [6.45, 7) is 4.27. The average molecular weight is 450 g/mol. The van der Waals surface area contributed by atoms with Crippen molar-refractivity contribution in [3.63, 3.8) is 0 Å². The lowest BCUT2D eigenvalue weighted by molar-refractivity contribution is 0.0948. The average Bonchev–Trinajstić information content (AvgIpc) is 3.32. The second kappa shape index (κ2) is 9.65. The molecule has 1 amide bonds. The summed E-state index contributed by atoms with van der Waals surface area (Å²) in [4.78, 5) is 30.2. The monoisotopic (exact) mass is 449 g/mol. The van der Waals surface area contributed by atoms with Crippen LogP contribution >= 0.6 is 11.8 Å². The van der Waals surface area contributed by atoms with Crippen molar-refractivity contribution in [2.45, 2.75) is 24.0 Å². The van der Waals surface area contributed by atoms with Crippen molar-refractivity contribution in [3.8, 4) is 0 Å². The molecule has 4 rings (SSSR count). The molecule has 0 saturated heterocycles. The zero-order valence-corrected chi connectivity index (χ0v) is 17.9. The maximum Gasteiger partial charge on any atom is 0.262 e. The van der Waals surface area contributed by atoms with Gasteiger partial charge in [-0.1, -0.05) is 30.0 Å². The predicted octanol–water partition coefficient (Wildman–Crippen LogP) is 4.54. The highest BCUT2D eigenvalue weighted by atomic mass is 32.2. The highest BCUT2D eigenvalue weighted by molar-refractivity contribution is 7.98. The molecule has 1 N–H and O–H groups in total. The van der Waals surface area contributed by atoms with E-state index in [4.69, 9.17) is 4.42 Å². The van der Waals surface area contributed by atoms with E-state index in [9.17, 15) is 14.0 Å². The Morgan fingerprint density at radius 3 is 2.84 bits per heavy atom. The zero-order chi connectivity index (χ0) is 22.5. The van der Waals surface area contributed by atoms with Gasteiger partial charge in [-0.05, 0) is 48.0 Å². The summed E-state index contributed by atoms with van der Waals surface area (Å²) in [5.41, 5.74) is 1.36. The van der Waals surface area contributed by atoms with Gasteiger partial charge in [-0.15, -0.1) is 6.58 Å². The number of carbonyl (C=O) groups is 1. The number of aromatic nitrogens is 2. The van der Waals surface area contributed by atoms with Crippen LogP contribution in [0, 0.1) is 5.82 Å². The van der Waals surface area contributed by atoms with Crippen LogP contribution in [0.2, 0.25) is 0 Å². The molecule has 0 radical (unpaired) electrons. The van der Waals surface area contributed by atoms with Crippen molar-refractivity contribution in [2.75, 3.05) is 0 Å². The normalized spacial score (nSPS) is 10.9. The van der Waals surface area contributed by atoms with Gasteiger partial charge in [-0.3, -0.25) is 14.2 Å². The number of thioether (sulfide) groups is 1. The number of halogens is 1. The van der Waals surface area contributed by atoms with Crippen LogP contribution in [-0.4, -0.2) is 15.5 Å². The van der Waals surface area contributed by atoms with Gasteiger partial charge in [0.25, 0.3) is 11.5 Å². The minimum Gasteiger partial charge on any atom is -0.467 e. The van der Waals surface area contributed by atoms with Gasteiger partial charge >= 0.3 is 0 Å². The van der Waals surface area contributed by atoms with Crippen molar-refractivity contribution in [3.05, 3.63) is 107 Å². The molecule has 32 heavy (non-hydrogen) atoms. The predicted molar refractivity (Wildman–Crippen MR) is 122 cm³/mol. The SMILES string of the molecule is C=CCn1c(SCc2cccc(F)c2)nc2cc(C(=O)NCc3ccco3)ccc2c1=O. The lowest BCUT2D eigenvalue weighted by Gasteiger charge is -2.12. The van der Waals surface area contributed by atoms with E-state index in [1.54, 1.807) is 48.7 Å². The Morgan fingerprint density at radius 2 is 2.09 bits per heavy atom. The fraction of sp³-hybridized carbons (Fsp3) is 0.125. The second-order valence-electron chi connectivity index (χ2n) is 7.01. The van der Waals surface area contributed by atoms with Crippen molar-refractivity contribution in [2.24, 2.45) is 0 Å². The maximum atomic E-state index is 13.5. The van der Waals surface area contributed by atoms with E-state index in [0.717, 1.165) is 5.56 Å². The van der Waals surface area contributed by atoms with Crippen LogP contribution in [0.1, 0.15) is 21.7 Å². The highest BCUT2D eigenvalue weighted by Crippen LogP contribution is 2.23. The van der Waals surface area contributed by atoms with E-state index in [0.29, 0.717) is 39.7 Å².